The molecule has 1 amide bonds. The van der Waals surface area contributed by atoms with Crippen LogP contribution in [0.2, 0.25) is 0 Å². The van der Waals surface area contributed by atoms with Crippen LogP contribution in [-0.2, 0) is 4.79 Å². The number of hydrogen-bond donors (Lipinski definition) is 3. The van der Waals surface area contributed by atoms with Gasteiger partial charge in [-0.3, -0.25) is 4.79 Å². The minimum absolute atomic E-state index is 0.00811. The number of ether oxygens (including phenoxy) is 1. The number of phenolic OH excluding ortho intramolecular Hbond substituents is 1. The second-order valence-corrected chi connectivity index (χ2v) is 5.64. The van der Waals surface area contributed by atoms with Gasteiger partial charge in [0.25, 0.3) is 0 Å². The third-order valence-electron chi connectivity index (χ3n) is 3.31. The third kappa shape index (κ3) is 5.09. The van der Waals surface area contributed by atoms with Gasteiger partial charge in [-0.15, -0.1) is 0 Å². The molecule has 0 unspecified atom stereocenters. The van der Waals surface area contributed by atoms with Gasteiger partial charge in [0.05, 0.1) is 7.11 Å². The maximum atomic E-state index is 11.9. The molecule has 0 bridgehead atoms. The van der Waals surface area contributed by atoms with E-state index < -0.39 is 0 Å². The van der Waals surface area contributed by atoms with Crippen molar-refractivity contribution >= 4 is 11.6 Å². The molecule has 1 rings (SSSR count). The molecule has 4 N–H and O–H groups in total. The molecule has 0 aliphatic carbocycles. The summed E-state index contributed by atoms with van der Waals surface area (Å²) in [6.45, 7) is 4.83. The van der Waals surface area contributed by atoms with Gasteiger partial charge in [0.15, 0.2) is 11.5 Å². The minimum Gasteiger partial charge on any atom is -0.504 e. The van der Waals surface area contributed by atoms with Crippen LogP contribution in [0.5, 0.6) is 11.5 Å². The zero-order valence-electron chi connectivity index (χ0n) is 12.4. The van der Waals surface area contributed by atoms with Crippen molar-refractivity contribution in [2.24, 2.45) is 11.1 Å². The van der Waals surface area contributed by atoms with E-state index in [0.717, 1.165) is 12.8 Å². The molecule has 5 nitrogen and oxygen atoms in total. The van der Waals surface area contributed by atoms with E-state index >= 15 is 0 Å². The monoisotopic (exact) mass is 280 g/mol. The number of amides is 1. The molecule has 0 atom stereocenters. The first-order chi connectivity index (χ1) is 9.38. The highest BCUT2D eigenvalue weighted by molar-refractivity contribution is 5.91. The van der Waals surface area contributed by atoms with Crippen LogP contribution in [0.4, 0.5) is 5.69 Å². The number of carbonyl (C=O) groups excluding carboxylic acids is 1. The molecule has 0 spiro atoms. The zero-order chi connectivity index (χ0) is 15.2. The minimum atomic E-state index is -0.0698. The van der Waals surface area contributed by atoms with Crippen LogP contribution in [-0.4, -0.2) is 24.7 Å². The Morgan fingerprint density at radius 1 is 1.40 bits per heavy atom. The highest BCUT2D eigenvalue weighted by Crippen LogP contribution is 2.29. The van der Waals surface area contributed by atoms with Crippen LogP contribution in [0.3, 0.4) is 0 Å². The molecular formula is C15H24N2O3. The Hall–Kier alpha value is -1.75. The van der Waals surface area contributed by atoms with Gasteiger partial charge in [-0.1, -0.05) is 13.8 Å². The number of aromatic hydroxyl groups is 1. The summed E-state index contributed by atoms with van der Waals surface area (Å²) in [5.74, 6) is 0.320. The Bertz CT molecular complexity index is 458. The molecule has 0 aromatic heterocycles. The molecule has 0 fully saturated rings. The summed E-state index contributed by atoms with van der Waals surface area (Å²) in [6.07, 6.45) is 2.10. The van der Waals surface area contributed by atoms with E-state index in [4.69, 9.17) is 10.5 Å². The largest absolute Gasteiger partial charge is 0.504 e. The second-order valence-electron chi connectivity index (χ2n) is 5.64. The summed E-state index contributed by atoms with van der Waals surface area (Å²) < 4.78 is 4.95. The van der Waals surface area contributed by atoms with E-state index in [9.17, 15) is 9.90 Å². The van der Waals surface area contributed by atoms with Crippen LogP contribution >= 0.6 is 0 Å². The van der Waals surface area contributed by atoms with Crippen LogP contribution < -0.4 is 15.8 Å². The third-order valence-corrected chi connectivity index (χ3v) is 3.31. The van der Waals surface area contributed by atoms with E-state index in [1.807, 2.05) is 0 Å². The molecule has 0 saturated heterocycles. The summed E-state index contributed by atoms with van der Waals surface area (Å²) in [6, 6.07) is 4.78. The van der Waals surface area contributed by atoms with Crippen molar-refractivity contribution in [2.75, 3.05) is 19.0 Å². The fourth-order valence-electron chi connectivity index (χ4n) is 1.96. The van der Waals surface area contributed by atoms with Crippen LogP contribution in [0.1, 0.15) is 33.1 Å². The lowest BCUT2D eigenvalue weighted by Crippen LogP contribution is -2.20. The molecule has 0 heterocycles. The van der Waals surface area contributed by atoms with Crippen LogP contribution in [0.25, 0.3) is 0 Å². The molecule has 0 aliphatic heterocycles. The first-order valence-electron chi connectivity index (χ1n) is 6.75. The first kappa shape index (κ1) is 16.3. The summed E-state index contributed by atoms with van der Waals surface area (Å²) in [5.41, 5.74) is 6.17. The molecule has 1 aromatic carbocycles. The van der Waals surface area contributed by atoms with Crippen molar-refractivity contribution < 1.29 is 14.6 Å². The van der Waals surface area contributed by atoms with E-state index in [-0.39, 0.29) is 17.1 Å². The Balaban J connectivity index is 2.52. The summed E-state index contributed by atoms with van der Waals surface area (Å²) in [7, 11) is 1.48. The number of nitrogens with two attached hydrogens (primary N) is 1. The molecular weight excluding hydrogens is 256 g/mol. The average molecular weight is 280 g/mol. The van der Waals surface area contributed by atoms with Crippen molar-refractivity contribution in [3.8, 4) is 11.5 Å². The van der Waals surface area contributed by atoms with E-state index in [1.165, 1.54) is 13.2 Å². The Morgan fingerprint density at radius 2 is 2.10 bits per heavy atom. The lowest BCUT2D eigenvalue weighted by Gasteiger charge is -2.23. The lowest BCUT2D eigenvalue weighted by atomic mass is 9.84. The second kappa shape index (κ2) is 7.14. The van der Waals surface area contributed by atoms with Crippen LogP contribution in [0, 0.1) is 5.41 Å². The molecule has 112 valence electrons. The fraction of sp³-hybridized carbons (Fsp3) is 0.533. The molecule has 5 heteroatoms. The molecule has 1 aromatic rings. The number of methoxy groups -OCH3 is 1. The Kier molecular flexibility index (Phi) is 5.82. The van der Waals surface area contributed by atoms with Gasteiger partial charge in [0, 0.05) is 18.2 Å². The van der Waals surface area contributed by atoms with Gasteiger partial charge >= 0.3 is 0 Å². The van der Waals surface area contributed by atoms with Gasteiger partial charge in [0.2, 0.25) is 5.91 Å². The Morgan fingerprint density at radius 3 is 2.65 bits per heavy atom. The standard InChI is InChI=1S/C15H24N2O3/c1-15(2,8-9-16)7-6-14(19)17-11-4-5-13(20-3)12(18)10-11/h4-5,10,18H,6-9,16H2,1-3H3,(H,17,19). The number of carbonyl (C=O) groups is 1. The van der Waals surface area contributed by atoms with Gasteiger partial charge in [0.1, 0.15) is 0 Å². The topological polar surface area (TPSA) is 84.6 Å². The van der Waals surface area contributed by atoms with Gasteiger partial charge < -0.3 is 20.9 Å². The normalized spacial score (nSPS) is 11.2. The van der Waals surface area contributed by atoms with Crippen molar-refractivity contribution in [3.63, 3.8) is 0 Å². The maximum absolute atomic E-state index is 11.9. The van der Waals surface area contributed by atoms with Crippen molar-refractivity contribution in [2.45, 2.75) is 33.1 Å². The van der Waals surface area contributed by atoms with Gasteiger partial charge in [-0.05, 0) is 36.9 Å². The summed E-state index contributed by atoms with van der Waals surface area (Å²) >= 11 is 0. The van der Waals surface area contributed by atoms with Crippen molar-refractivity contribution in [1.82, 2.24) is 0 Å². The van der Waals surface area contributed by atoms with Crippen molar-refractivity contribution in [1.29, 1.82) is 0 Å². The first-order valence-corrected chi connectivity index (χ1v) is 6.75. The average Bonchev–Trinajstić information content (AvgIpc) is 2.37. The fourth-order valence-corrected chi connectivity index (χ4v) is 1.96. The van der Waals surface area contributed by atoms with E-state index in [2.05, 4.69) is 19.2 Å². The van der Waals surface area contributed by atoms with Gasteiger partial charge in [-0.25, -0.2) is 0 Å². The quantitative estimate of drug-likeness (QED) is 0.716. The van der Waals surface area contributed by atoms with Crippen molar-refractivity contribution in [3.05, 3.63) is 18.2 Å². The SMILES string of the molecule is COc1ccc(NC(=O)CCC(C)(C)CCN)cc1O. The number of hydrogen-bond acceptors (Lipinski definition) is 4. The highest BCUT2D eigenvalue weighted by Gasteiger charge is 2.18. The maximum Gasteiger partial charge on any atom is 0.224 e. The van der Waals surface area contributed by atoms with E-state index in [0.29, 0.717) is 24.4 Å². The molecule has 0 aliphatic rings. The van der Waals surface area contributed by atoms with Crippen LogP contribution in [0.15, 0.2) is 18.2 Å². The molecule has 20 heavy (non-hydrogen) atoms. The lowest BCUT2D eigenvalue weighted by molar-refractivity contribution is -0.116. The molecule has 0 saturated carbocycles. The number of benzene rings is 1. The molecule has 0 radical (unpaired) electrons. The van der Waals surface area contributed by atoms with E-state index in [1.54, 1.807) is 12.1 Å². The smallest absolute Gasteiger partial charge is 0.224 e. The predicted molar refractivity (Wildman–Crippen MR) is 80.0 cm³/mol. The number of phenols is 1. The highest BCUT2D eigenvalue weighted by atomic mass is 16.5. The summed E-state index contributed by atoms with van der Waals surface area (Å²) in [5, 5.41) is 12.4. The van der Waals surface area contributed by atoms with Gasteiger partial charge in [-0.2, -0.15) is 0 Å². The number of rotatable bonds is 7. The zero-order valence-corrected chi connectivity index (χ0v) is 12.4. The number of nitrogens with one attached hydrogen (secondary N) is 1. The summed E-state index contributed by atoms with van der Waals surface area (Å²) in [4.78, 5) is 11.9. The Labute approximate surface area is 120 Å². The number of anilines is 1. The predicted octanol–water partition coefficient (Wildman–Crippen LogP) is 2.49.